The third-order valence-corrected chi connectivity index (χ3v) is 5.78. The van der Waals surface area contributed by atoms with Gasteiger partial charge in [0.15, 0.2) is 0 Å². The average molecular weight is 472 g/mol. The second-order valence-corrected chi connectivity index (χ2v) is 8.76. The van der Waals surface area contributed by atoms with Crippen molar-refractivity contribution in [2.24, 2.45) is 5.73 Å². The van der Waals surface area contributed by atoms with E-state index in [1.807, 2.05) is 30.3 Å². The van der Waals surface area contributed by atoms with Crippen LogP contribution in [0.1, 0.15) is 17.7 Å². The molecule has 0 amide bonds. The number of pyridine rings is 1. The number of aromatic nitrogens is 1. The van der Waals surface area contributed by atoms with Gasteiger partial charge in [-0.15, -0.1) is 0 Å². The van der Waals surface area contributed by atoms with Gasteiger partial charge in [-0.25, -0.2) is 0 Å². The summed E-state index contributed by atoms with van der Waals surface area (Å²) in [4.78, 5) is 6.87. The predicted molar refractivity (Wildman–Crippen MR) is 130 cm³/mol. The highest BCUT2D eigenvalue weighted by Crippen LogP contribution is 2.33. The molecular formula is C25H27Cl2N3O2. The van der Waals surface area contributed by atoms with Crippen LogP contribution in [-0.4, -0.2) is 42.7 Å². The van der Waals surface area contributed by atoms with Crippen molar-refractivity contribution in [2.75, 3.05) is 32.8 Å². The normalized spacial score (nSPS) is 14.5. The summed E-state index contributed by atoms with van der Waals surface area (Å²) in [6, 6.07) is 15.7. The minimum atomic E-state index is 0.603. The Morgan fingerprint density at radius 3 is 2.38 bits per heavy atom. The predicted octanol–water partition coefficient (Wildman–Crippen LogP) is 5.57. The minimum absolute atomic E-state index is 0.603. The molecule has 0 bridgehead atoms. The van der Waals surface area contributed by atoms with Gasteiger partial charge in [-0.1, -0.05) is 23.2 Å². The van der Waals surface area contributed by atoms with Crippen LogP contribution in [0.5, 0.6) is 11.5 Å². The van der Waals surface area contributed by atoms with Gasteiger partial charge in [0.05, 0.1) is 19.4 Å². The summed E-state index contributed by atoms with van der Waals surface area (Å²) < 4.78 is 11.7. The second kappa shape index (κ2) is 11.1. The van der Waals surface area contributed by atoms with Gasteiger partial charge in [-0.05, 0) is 84.6 Å². The number of ether oxygens (including phenoxy) is 2. The SMILES string of the molecule is NCCCc1ccc(Oc2cc(CN3CCOCC3)cc(-c3cc(Cl)cc(Cl)c3)c2)cn1. The van der Waals surface area contributed by atoms with Crippen LogP contribution in [0.15, 0.2) is 54.7 Å². The van der Waals surface area contributed by atoms with Crippen LogP contribution < -0.4 is 10.5 Å². The quantitative estimate of drug-likeness (QED) is 0.465. The number of rotatable bonds is 8. The lowest BCUT2D eigenvalue weighted by Gasteiger charge is -2.27. The summed E-state index contributed by atoms with van der Waals surface area (Å²) in [5.74, 6) is 1.44. The Balaban J connectivity index is 1.61. The zero-order valence-electron chi connectivity index (χ0n) is 17.9. The monoisotopic (exact) mass is 471 g/mol. The van der Waals surface area contributed by atoms with E-state index in [-0.39, 0.29) is 0 Å². The molecule has 0 spiro atoms. The summed E-state index contributed by atoms with van der Waals surface area (Å²) in [5, 5.41) is 1.21. The molecule has 1 saturated heterocycles. The van der Waals surface area contributed by atoms with E-state index in [1.54, 1.807) is 12.3 Å². The fraction of sp³-hybridized carbons (Fsp3) is 0.320. The molecule has 2 N–H and O–H groups in total. The molecule has 4 rings (SSSR count). The third-order valence-electron chi connectivity index (χ3n) is 5.34. The lowest BCUT2D eigenvalue weighted by Crippen LogP contribution is -2.35. The van der Waals surface area contributed by atoms with Crippen LogP contribution in [0.2, 0.25) is 10.0 Å². The van der Waals surface area contributed by atoms with Gasteiger partial charge < -0.3 is 15.2 Å². The maximum atomic E-state index is 6.26. The van der Waals surface area contributed by atoms with Crippen LogP contribution in [0.4, 0.5) is 0 Å². The van der Waals surface area contributed by atoms with E-state index >= 15 is 0 Å². The van der Waals surface area contributed by atoms with Crippen molar-refractivity contribution in [3.05, 3.63) is 76.0 Å². The molecule has 32 heavy (non-hydrogen) atoms. The molecule has 0 atom stereocenters. The summed E-state index contributed by atoms with van der Waals surface area (Å²) >= 11 is 12.5. The molecule has 7 heteroatoms. The summed E-state index contributed by atoms with van der Waals surface area (Å²) in [6.07, 6.45) is 3.55. The molecule has 0 aliphatic carbocycles. The maximum absolute atomic E-state index is 6.26. The molecule has 5 nitrogen and oxygen atoms in total. The van der Waals surface area contributed by atoms with Gasteiger partial charge in [0.2, 0.25) is 0 Å². The molecule has 3 aromatic rings. The van der Waals surface area contributed by atoms with Crippen molar-refractivity contribution in [1.29, 1.82) is 0 Å². The Morgan fingerprint density at radius 2 is 1.69 bits per heavy atom. The van der Waals surface area contributed by atoms with Crippen LogP contribution in [0, 0.1) is 0 Å². The molecule has 168 valence electrons. The van der Waals surface area contributed by atoms with Gasteiger partial charge in [0.25, 0.3) is 0 Å². The highest BCUT2D eigenvalue weighted by atomic mass is 35.5. The molecule has 0 saturated carbocycles. The molecule has 2 aromatic carbocycles. The van der Waals surface area contributed by atoms with Crippen LogP contribution in [-0.2, 0) is 17.7 Å². The van der Waals surface area contributed by atoms with Crippen molar-refractivity contribution in [3.63, 3.8) is 0 Å². The number of benzene rings is 2. The first kappa shape index (κ1) is 23.0. The van der Waals surface area contributed by atoms with Gasteiger partial charge in [0.1, 0.15) is 11.5 Å². The first-order valence-electron chi connectivity index (χ1n) is 10.8. The Morgan fingerprint density at radius 1 is 0.938 bits per heavy atom. The number of halogens is 2. The van der Waals surface area contributed by atoms with E-state index in [0.29, 0.717) is 22.3 Å². The van der Waals surface area contributed by atoms with Gasteiger partial charge in [0, 0.05) is 35.4 Å². The zero-order valence-corrected chi connectivity index (χ0v) is 19.4. The molecule has 1 aliphatic rings. The molecule has 0 radical (unpaired) electrons. The van der Waals surface area contributed by atoms with Crippen LogP contribution in [0.3, 0.4) is 0 Å². The van der Waals surface area contributed by atoms with Crippen molar-refractivity contribution in [1.82, 2.24) is 9.88 Å². The van der Waals surface area contributed by atoms with Gasteiger partial charge in [-0.2, -0.15) is 0 Å². The van der Waals surface area contributed by atoms with Crippen LogP contribution >= 0.6 is 23.2 Å². The van der Waals surface area contributed by atoms with Gasteiger partial charge in [-0.3, -0.25) is 9.88 Å². The molecule has 1 aromatic heterocycles. The maximum Gasteiger partial charge on any atom is 0.145 e. The standard InChI is InChI=1S/C25H27Cl2N3O2/c26-21-12-20(13-22(27)15-21)19-10-18(17-30-6-8-31-9-7-30)11-25(14-19)32-24-4-3-23(29-16-24)2-1-5-28/h3-4,10-16H,1-2,5-9,17,28H2. The Bertz CT molecular complexity index is 1020. The second-order valence-electron chi connectivity index (χ2n) is 7.89. The fourth-order valence-corrected chi connectivity index (χ4v) is 4.28. The van der Waals surface area contributed by atoms with Crippen molar-refractivity contribution in [2.45, 2.75) is 19.4 Å². The van der Waals surface area contributed by atoms with E-state index in [4.69, 9.17) is 38.4 Å². The summed E-state index contributed by atoms with van der Waals surface area (Å²) in [6.45, 7) is 4.82. The van der Waals surface area contributed by atoms with Gasteiger partial charge >= 0.3 is 0 Å². The van der Waals surface area contributed by atoms with Crippen molar-refractivity contribution in [3.8, 4) is 22.6 Å². The van der Waals surface area contributed by atoms with E-state index < -0.39 is 0 Å². The Labute approximate surface area is 199 Å². The number of aryl methyl sites for hydroxylation is 1. The van der Waals surface area contributed by atoms with Crippen LogP contribution in [0.25, 0.3) is 11.1 Å². The minimum Gasteiger partial charge on any atom is -0.456 e. The molecular weight excluding hydrogens is 445 g/mol. The third kappa shape index (κ3) is 6.44. The number of nitrogens with two attached hydrogens (primary N) is 1. The molecule has 2 heterocycles. The van der Waals surface area contributed by atoms with E-state index in [9.17, 15) is 0 Å². The summed E-state index contributed by atoms with van der Waals surface area (Å²) in [7, 11) is 0. The zero-order chi connectivity index (χ0) is 22.3. The first-order chi connectivity index (χ1) is 15.6. The highest BCUT2D eigenvalue weighted by Gasteiger charge is 2.13. The lowest BCUT2D eigenvalue weighted by molar-refractivity contribution is 0.0342. The van der Waals surface area contributed by atoms with E-state index in [2.05, 4.69) is 22.0 Å². The Hall–Kier alpha value is -2.15. The molecule has 1 fully saturated rings. The first-order valence-corrected chi connectivity index (χ1v) is 11.6. The smallest absolute Gasteiger partial charge is 0.145 e. The van der Waals surface area contributed by atoms with E-state index in [0.717, 1.165) is 73.8 Å². The summed E-state index contributed by atoms with van der Waals surface area (Å²) in [5.41, 5.74) is 9.71. The number of hydrogen-bond donors (Lipinski definition) is 1. The van der Waals surface area contributed by atoms with Crippen molar-refractivity contribution < 1.29 is 9.47 Å². The lowest BCUT2D eigenvalue weighted by atomic mass is 10.0. The highest BCUT2D eigenvalue weighted by molar-refractivity contribution is 6.35. The average Bonchev–Trinajstić information content (AvgIpc) is 2.78. The molecule has 0 unspecified atom stereocenters. The Kier molecular flexibility index (Phi) is 8.00. The number of morpholine rings is 1. The molecule has 1 aliphatic heterocycles. The fourth-order valence-electron chi connectivity index (χ4n) is 3.75. The largest absolute Gasteiger partial charge is 0.456 e. The topological polar surface area (TPSA) is 60.6 Å². The number of nitrogens with zero attached hydrogens (tertiary/aromatic N) is 2. The number of hydrogen-bond acceptors (Lipinski definition) is 5. The van der Waals surface area contributed by atoms with Crippen molar-refractivity contribution >= 4 is 23.2 Å². The van der Waals surface area contributed by atoms with E-state index in [1.165, 1.54) is 0 Å².